The molecule has 1 atom stereocenters. The number of hydrogen-bond acceptors (Lipinski definition) is 8. The van der Waals surface area contributed by atoms with Gasteiger partial charge >= 0.3 is 11.9 Å². The highest BCUT2D eigenvalue weighted by atomic mass is 35.5. The highest BCUT2D eigenvalue weighted by molar-refractivity contribution is 7.99. The average molecular weight is 457 g/mol. The Balaban J connectivity index is 2.08. The van der Waals surface area contributed by atoms with Gasteiger partial charge in [-0.3, -0.25) is 4.79 Å². The van der Waals surface area contributed by atoms with Crippen LogP contribution in [0, 0.1) is 0 Å². The molecule has 8 nitrogen and oxygen atoms in total. The van der Waals surface area contributed by atoms with Crippen molar-refractivity contribution >= 4 is 52.9 Å². The number of benzene rings is 1. The van der Waals surface area contributed by atoms with Crippen LogP contribution in [0.1, 0.15) is 25.5 Å². The Hall–Kier alpha value is -2.23. The van der Waals surface area contributed by atoms with Gasteiger partial charge in [0.1, 0.15) is 6.04 Å². The summed E-state index contributed by atoms with van der Waals surface area (Å²) in [5.74, 6) is -0.407. The summed E-state index contributed by atoms with van der Waals surface area (Å²) in [5.41, 5.74) is 1.55. The quantitative estimate of drug-likeness (QED) is 0.518. The van der Waals surface area contributed by atoms with Crippen molar-refractivity contribution in [3.8, 4) is 0 Å². The van der Waals surface area contributed by atoms with Gasteiger partial charge in [0.05, 0.1) is 25.0 Å². The Morgan fingerprint density at radius 2 is 2.10 bits per heavy atom. The molecule has 0 spiro atoms. The van der Waals surface area contributed by atoms with Crippen molar-refractivity contribution in [2.45, 2.75) is 25.0 Å². The molecule has 154 valence electrons. The molecule has 0 saturated heterocycles. The van der Waals surface area contributed by atoms with E-state index in [9.17, 15) is 9.59 Å². The number of rotatable bonds is 6. The Kier molecular flexibility index (Phi) is 6.71. The van der Waals surface area contributed by atoms with Gasteiger partial charge in [0.15, 0.2) is 0 Å². The predicted molar refractivity (Wildman–Crippen MR) is 110 cm³/mol. The highest BCUT2D eigenvalue weighted by Gasteiger charge is 2.36. The second-order valence-electron chi connectivity index (χ2n) is 5.98. The zero-order chi connectivity index (χ0) is 21.1. The number of nitrogens with zero attached hydrogens (tertiary/aromatic N) is 3. The molecule has 3 rings (SSSR count). The van der Waals surface area contributed by atoms with Crippen LogP contribution < -0.4 is 5.32 Å². The van der Waals surface area contributed by atoms with Gasteiger partial charge < -0.3 is 14.8 Å². The largest absolute Gasteiger partial charge is 0.468 e. The summed E-state index contributed by atoms with van der Waals surface area (Å²) in [7, 11) is 1.31. The van der Waals surface area contributed by atoms with E-state index in [0.717, 1.165) is 11.8 Å². The first kappa shape index (κ1) is 21.5. The number of esters is 2. The number of halogens is 2. The summed E-state index contributed by atoms with van der Waals surface area (Å²) in [5, 5.41) is 8.74. The standard InChI is InChI=1S/C18H18Cl2N4O4S/c1-4-28-16(26)14-9(2)21-17-22-18(29-8-13(25)27-3)23-24(17)15(14)11-6-5-10(19)7-12(11)20/h5-7,15H,4,8H2,1-3H3,(H,21,22,23)/t15-/m0/s1. The Morgan fingerprint density at radius 1 is 1.34 bits per heavy atom. The minimum atomic E-state index is -0.671. The maximum Gasteiger partial charge on any atom is 0.338 e. The Bertz CT molecular complexity index is 992. The Morgan fingerprint density at radius 3 is 2.76 bits per heavy atom. The maximum absolute atomic E-state index is 12.7. The van der Waals surface area contributed by atoms with Crippen LogP contribution in [0.25, 0.3) is 0 Å². The van der Waals surface area contributed by atoms with E-state index in [1.165, 1.54) is 7.11 Å². The topological polar surface area (TPSA) is 95.3 Å². The number of methoxy groups -OCH3 is 1. The average Bonchev–Trinajstić information content (AvgIpc) is 3.08. The molecule has 1 aliphatic rings. The third-order valence-corrected chi connectivity index (χ3v) is 5.51. The third kappa shape index (κ3) is 4.52. The number of carbonyl (C=O) groups excluding carboxylic acids is 2. The van der Waals surface area contributed by atoms with Crippen molar-refractivity contribution in [3.05, 3.63) is 45.1 Å². The van der Waals surface area contributed by atoms with E-state index in [4.69, 9.17) is 27.9 Å². The van der Waals surface area contributed by atoms with Crippen LogP contribution in [0.5, 0.6) is 0 Å². The van der Waals surface area contributed by atoms with Crippen LogP contribution in [0.15, 0.2) is 34.6 Å². The number of aromatic nitrogens is 3. The molecule has 0 saturated carbocycles. The van der Waals surface area contributed by atoms with Gasteiger partial charge in [0.2, 0.25) is 11.1 Å². The first-order valence-corrected chi connectivity index (χ1v) is 10.4. The van der Waals surface area contributed by atoms with E-state index in [2.05, 4.69) is 20.1 Å². The minimum absolute atomic E-state index is 0.0590. The lowest BCUT2D eigenvalue weighted by Crippen LogP contribution is -2.29. The van der Waals surface area contributed by atoms with Crippen LogP contribution in [0.2, 0.25) is 10.0 Å². The van der Waals surface area contributed by atoms with Gasteiger partial charge in [-0.2, -0.15) is 4.98 Å². The van der Waals surface area contributed by atoms with Crippen molar-refractivity contribution in [2.75, 3.05) is 24.8 Å². The number of hydrogen-bond donors (Lipinski definition) is 1. The van der Waals surface area contributed by atoms with Gasteiger partial charge in [-0.1, -0.05) is 41.0 Å². The third-order valence-electron chi connectivity index (χ3n) is 4.13. The van der Waals surface area contributed by atoms with E-state index in [0.29, 0.717) is 38.0 Å². The van der Waals surface area contributed by atoms with E-state index in [-0.39, 0.29) is 12.4 Å². The SMILES string of the molecule is CCOC(=O)C1=C(C)Nc2nc(SCC(=O)OC)nn2[C@H]1c1ccc(Cl)cc1Cl. The molecule has 11 heteroatoms. The summed E-state index contributed by atoms with van der Waals surface area (Å²) in [6.45, 7) is 3.71. The smallest absolute Gasteiger partial charge is 0.338 e. The van der Waals surface area contributed by atoms with E-state index in [1.54, 1.807) is 36.7 Å². The predicted octanol–water partition coefficient (Wildman–Crippen LogP) is 3.70. The second kappa shape index (κ2) is 9.06. The molecule has 2 heterocycles. The lowest BCUT2D eigenvalue weighted by molar-refractivity contribution is -0.139. The van der Waals surface area contributed by atoms with Gasteiger partial charge in [-0.05, 0) is 26.0 Å². The summed E-state index contributed by atoms with van der Waals surface area (Å²) >= 11 is 13.6. The minimum Gasteiger partial charge on any atom is -0.468 e. The molecule has 2 aromatic rings. The molecule has 0 fully saturated rings. The molecular weight excluding hydrogens is 439 g/mol. The number of allylic oxidation sites excluding steroid dienone is 1. The number of thioether (sulfide) groups is 1. The lowest BCUT2D eigenvalue weighted by atomic mass is 9.96. The fourth-order valence-corrected chi connectivity index (χ4v) is 4.03. The van der Waals surface area contributed by atoms with Crippen molar-refractivity contribution in [2.24, 2.45) is 0 Å². The highest BCUT2D eigenvalue weighted by Crippen LogP contribution is 2.39. The van der Waals surface area contributed by atoms with Crippen LogP contribution in [0.4, 0.5) is 5.95 Å². The van der Waals surface area contributed by atoms with Gasteiger partial charge in [0, 0.05) is 21.3 Å². The number of ether oxygens (including phenoxy) is 2. The lowest BCUT2D eigenvalue weighted by Gasteiger charge is -2.28. The molecule has 1 aromatic carbocycles. The van der Waals surface area contributed by atoms with Crippen LogP contribution in [0.3, 0.4) is 0 Å². The summed E-state index contributed by atoms with van der Waals surface area (Å²) in [4.78, 5) is 28.6. The Labute approximate surface area is 181 Å². The van der Waals surface area contributed by atoms with Crippen molar-refractivity contribution in [1.29, 1.82) is 0 Å². The van der Waals surface area contributed by atoms with Crippen molar-refractivity contribution in [3.63, 3.8) is 0 Å². The molecular formula is C18H18Cl2N4O4S. The monoisotopic (exact) mass is 456 g/mol. The van der Waals surface area contributed by atoms with Crippen LogP contribution in [-0.4, -0.2) is 46.2 Å². The first-order chi connectivity index (χ1) is 13.8. The number of anilines is 1. The molecule has 0 bridgehead atoms. The van der Waals surface area contributed by atoms with Crippen molar-refractivity contribution < 1.29 is 19.1 Å². The fourth-order valence-electron chi connectivity index (χ4n) is 2.86. The van der Waals surface area contributed by atoms with Gasteiger partial charge in [0.25, 0.3) is 0 Å². The summed E-state index contributed by atoms with van der Waals surface area (Å²) < 4.78 is 11.4. The first-order valence-electron chi connectivity index (χ1n) is 8.61. The van der Waals surface area contributed by atoms with Gasteiger partial charge in [-0.25, -0.2) is 9.48 Å². The van der Waals surface area contributed by atoms with Crippen molar-refractivity contribution in [1.82, 2.24) is 14.8 Å². The second-order valence-corrected chi connectivity index (χ2v) is 7.77. The number of fused-ring (bicyclic) bond motifs is 1. The summed E-state index contributed by atoms with van der Waals surface area (Å²) in [6.07, 6.45) is 0. The molecule has 0 unspecified atom stereocenters. The van der Waals surface area contributed by atoms with Crippen LogP contribution >= 0.6 is 35.0 Å². The number of nitrogens with one attached hydrogen (secondary N) is 1. The van der Waals surface area contributed by atoms with E-state index >= 15 is 0 Å². The van der Waals surface area contributed by atoms with E-state index in [1.807, 2.05) is 0 Å². The van der Waals surface area contributed by atoms with E-state index < -0.39 is 18.0 Å². The molecule has 1 aromatic heterocycles. The van der Waals surface area contributed by atoms with Crippen LogP contribution in [-0.2, 0) is 19.1 Å². The molecule has 0 aliphatic carbocycles. The zero-order valence-electron chi connectivity index (χ0n) is 15.9. The molecule has 0 amide bonds. The molecule has 1 N–H and O–H groups in total. The zero-order valence-corrected chi connectivity index (χ0v) is 18.2. The molecule has 0 radical (unpaired) electrons. The fraction of sp³-hybridized carbons (Fsp3) is 0.333. The summed E-state index contributed by atoms with van der Waals surface area (Å²) in [6, 6.07) is 4.35. The maximum atomic E-state index is 12.7. The number of carbonyl (C=O) groups is 2. The normalized spacial score (nSPS) is 15.6. The molecule has 29 heavy (non-hydrogen) atoms. The van der Waals surface area contributed by atoms with Gasteiger partial charge in [-0.15, -0.1) is 5.10 Å². The molecule has 1 aliphatic heterocycles.